The minimum absolute atomic E-state index is 0.0410. The summed E-state index contributed by atoms with van der Waals surface area (Å²) in [5.41, 5.74) is 1.82. The molecule has 0 saturated carbocycles. The highest BCUT2D eigenvalue weighted by molar-refractivity contribution is 7.91. The van der Waals surface area contributed by atoms with E-state index >= 15 is 0 Å². The van der Waals surface area contributed by atoms with Crippen molar-refractivity contribution in [1.29, 1.82) is 0 Å². The van der Waals surface area contributed by atoms with E-state index in [9.17, 15) is 22.8 Å². The average Bonchev–Trinajstić information content (AvgIpc) is 3.21. The highest BCUT2D eigenvalue weighted by Gasteiger charge is 2.37. The molecule has 0 spiro atoms. The van der Waals surface area contributed by atoms with Gasteiger partial charge in [-0.15, -0.1) is 0 Å². The maximum absolute atomic E-state index is 12.4. The number of hydrogen-bond acceptors (Lipinski definition) is 6. The molecule has 0 radical (unpaired) electrons. The molecule has 0 aromatic heterocycles. The second-order valence-corrected chi connectivity index (χ2v) is 9.39. The van der Waals surface area contributed by atoms with E-state index in [1.54, 1.807) is 4.90 Å². The minimum atomic E-state index is -3.10. The van der Waals surface area contributed by atoms with Gasteiger partial charge in [0.1, 0.15) is 0 Å². The molecule has 1 N–H and O–H groups in total. The van der Waals surface area contributed by atoms with Crippen molar-refractivity contribution in [2.45, 2.75) is 32.2 Å². The van der Waals surface area contributed by atoms with Gasteiger partial charge in [-0.2, -0.15) is 0 Å². The Hall–Kier alpha value is -2.42. The molecule has 8 nitrogen and oxygen atoms in total. The van der Waals surface area contributed by atoms with Gasteiger partial charge < -0.3 is 15.0 Å². The quantitative estimate of drug-likeness (QED) is 0.685. The van der Waals surface area contributed by atoms with Gasteiger partial charge in [-0.1, -0.05) is 25.1 Å². The van der Waals surface area contributed by atoms with Crippen LogP contribution in [0.3, 0.4) is 0 Å². The van der Waals surface area contributed by atoms with E-state index in [0.29, 0.717) is 6.42 Å². The van der Waals surface area contributed by atoms with Crippen LogP contribution in [0.1, 0.15) is 25.3 Å². The first-order chi connectivity index (χ1) is 13.3. The molecule has 2 heterocycles. The Kier molecular flexibility index (Phi) is 6.02. The molecule has 28 heavy (non-hydrogen) atoms. The summed E-state index contributed by atoms with van der Waals surface area (Å²) in [5, 5.41) is 2.57. The third-order valence-electron chi connectivity index (χ3n) is 5.06. The zero-order valence-electron chi connectivity index (χ0n) is 15.7. The van der Waals surface area contributed by atoms with E-state index in [1.165, 1.54) is 0 Å². The van der Waals surface area contributed by atoms with Crippen LogP contribution in [-0.2, 0) is 35.4 Å². The van der Waals surface area contributed by atoms with Crippen LogP contribution in [0.25, 0.3) is 0 Å². The predicted molar refractivity (Wildman–Crippen MR) is 102 cm³/mol. The Morgan fingerprint density at radius 1 is 1.29 bits per heavy atom. The number of nitrogens with zero attached hydrogens (tertiary/aromatic N) is 1. The van der Waals surface area contributed by atoms with Gasteiger partial charge in [-0.25, -0.2) is 8.42 Å². The van der Waals surface area contributed by atoms with Crippen LogP contribution in [0.15, 0.2) is 24.3 Å². The number of anilines is 1. The number of hydrogen-bond donors (Lipinski definition) is 1. The number of para-hydroxylation sites is 1. The van der Waals surface area contributed by atoms with Crippen LogP contribution < -0.4 is 10.2 Å². The zero-order valence-corrected chi connectivity index (χ0v) is 16.5. The number of ether oxygens (including phenoxy) is 1. The van der Waals surface area contributed by atoms with Gasteiger partial charge in [-0.3, -0.25) is 14.4 Å². The van der Waals surface area contributed by atoms with Crippen molar-refractivity contribution in [3.05, 3.63) is 29.8 Å². The summed E-state index contributed by atoms with van der Waals surface area (Å²) in [6.07, 6.45) is 1.18. The summed E-state index contributed by atoms with van der Waals surface area (Å²) in [6, 6.07) is 7.12. The Balaban J connectivity index is 1.51. The second kappa shape index (κ2) is 8.30. The van der Waals surface area contributed by atoms with Crippen molar-refractivity contribution in [3.63, 3.8) is 0 Å². The zero-order chi connectivity index (χ0) is 20.3. The lowest BCUT2D eigenvalue weighted by Gasteiger charge is -2.19. The van der Waals surface area contributed by atoms with Crippen molar-refractivity contribution >= 4 is 33.3 Å². The summed E-state index contributed by atoms with van der Waals surface area (Å²) in [5.74, 6) is -1.94. The molecular weight excluding hydrogens is 384 g/mol. The summed E-state index contributed by atoms with van der Waals surface area (Å²) >= 11 is 0. The van der Waals surface area contributed by atoms with E-state index in [2.05, 4.69) is 5.32 Å². The van der Waals surface area contributed by atoms with Gasteiger partial charge in [0.2, 0.25) is 5.91 Å². The number of sulfone groups is 1. The summed E-state index contributed by atoms with van der Waals surface area (Å²) in [6.45, 7) is 1.74. The Morgan fingerprint density at radius 2 is 2.04 bits per heavy atom. The lowest BCUT2D eigenvalue weighted by molar-refractivity contribution is -0.152. The van der Waals surface area contributed by atoms with E-state index < -0.39 is 40.3 Å². The Labute approximate surface area is 164 Å². The molecule has 3 rings (SSSR count). The number of carbonyl (C=O) groups is 3. The molecule has 2 aliphatic rings. The molecule has 2 fully saturated rings. The van der Waals surface area contributed by atoms with E-state index in [-0.39, 0.29) is 30.4 Å². The first kappa shape index (κ1) is 20.3. The smallest absolute Gasteiger partial charge is 0.311 e. The first-order valence-corrected chi connectivity index (χ1v) is 11.2. The molecule has 2 amide bonds. The van der Waals surface area contributed by atoms with Crippen molar-refractivity contribution in [2.75, 3.05) is 29.6 Å². The van der Waals surface area contributed by atoms with Crippen LogP contribution in [0.2, 0.25) is 0 Å². The van der Waals surface area contributed by atoms with Gasteiger partial charge in [0.15, 0.2) is 16.4 Å². The standard InChI is InChI=1S/C19H24N2O6S/c1-2-13-5-3-4-6-16(13)21-10-14(9-18(21)23)19(24)27-11-17(22)20-15-7-8-28(25,26)12-15/h3-6,14-15H,2,7-12H2,1H3,(H,20,22)/t14-,15-/m0/s1. The SMILES string of the molecule is CCc1ccccc1N1C[C@@H](C(=O)OCC(=O)N[C@H]2CCS(=O)(=O)C2)CC1=O. The average molecular weight is 408 g/mol. The molecule has 2 aliphatic heterocycles. The predicted octanol–water partition coefficient (Wildman–Crippen LogP) is 0.448. The van der Waals surface area contributed by atoms with Crippen molar-refractivity contribution in [3.8, 4) is 0 Å². The number of nitrogens with one attached hydrogen (secondary N) is 1. The van der Waals surface area contributed by atoms with Gasteiger partial charge >= 0.3 is 5.97 Å². The highest BCUT2D eigenvalue weighted by Crippen LogP contribution is 2.29. The van der Waals surface area contributed by atoms with Gasteiger partial charge in [0, 0.05) is 24.7 Å². The van der Waals surface area contributed by atoms with Gasteiger partial charge in [-0.05, 0) is 24.5 Å². The fourth-order valence-electron chi connectivity index (χ4n) is 3.60. The Morgan fingerprint density at radius 3 is 2.71 bits per heavy atom. The third-order valence-corrected chi connectivity index (χ3v) is 6.83. The van der Waals surface area contributed by atoms with Crippen molar-refractivity contribution in [2.24, 2.45) is 5.92 Å². The monoisotopic (exact) mass is 408 g/mol. The van der Waals surface area contributed by atoms with Crippen LogP contribution in [-0.4, -0.2) is 56.9 Å². The fourth-order valence-corrected chi connectivity index (χ4v) is 5.28. The fraction of sp³-hybridized carbons (Fsp3) is 0.526. The molecule has 1 aromatic carbocycles. The number of carbonyl (C=O) groups excluding carboxylic acids is 3. The molecule has 2 atom stereocenters. The van der Waals surface area contributed by atoms with Crippen LogP contribution >= 0.6 is 0 Å². The van der Waals surface area contributed by atoms with Crippen molar-refractivity contribution < 1.29 is 27.5 Å². The molecule has 2 saturated heterocycles. The third kappa shape index (κ3) is 4.70. The maximum Gasteiger partial charge on any atom is 0.311 e. The van der Waals surface area contributed by atoms with Crippen molar-refractivity contribution in [1.82, 2.24) is 5.32 Å². The largest absolute Gasteiger partial charge is 0.455 e. The van der Waals surface area contributed by atoms with Crippen LogP contribution in [0.4, 0.5) is 5.69 Å². The molecule has 152 valence electrons. The molecule has 0 unspecified atom stereocenters. The number of benzene rings is 1. The molecule has 9 heteroatoms. The maximum atomic E-state index is 12.4. The number of esters is 1. The summed E-state index contributed by atoms with van der Waals surface area (Å²) in [7, 11) is -3.10. The molecule has 0 aliphatic carbocycles. The lowest BCUT2D eigenvalue weighted by Crippen LogP contribution is -2.38. The summed E-state index contributed by atoms with van der Waals surface area (Å²) in [4.78, 5) is 38.2. The van der Waals surface area contributed by atoms with E-state index in [0.717, 1.165) is 17.7 Å². The molecule has 0 bridgehead atoms. The normalized spacial score (nSPS) is 23.6. The van der Waals surface area contributed by atoms with Crippen LogP contribution in [0.5, 0.6) is 0 Å². The number of aryl methyl sites for hydroxylation is 1. The summed E-state index contributed by atoms with van der Waals surface area (Å²) < 4.78 is 27.9. The number of rotatable bonds is 6. The molecule has 1 aromatic rings. The Bertz CT molecular complexity index is 882. The molecular formula is C19H24N2O6S. The van der Waals surface area contributed by atoms with Gasteiger partial charge in [0.05, 0.1) is 17.4 Å². The second-order valence-electron chi connectivity index (χ2n) is 7.16. The van der Waals surface area contributed by atoms with E-state index in [1.807, 2.05) is 31.2 Å². The van der Waals surface area contributed by atoms with Crippen LogP contribution in [0, 0.1) is 5.92 Å². The first-order valence-electron chi connectivity index (χ1n) is 9.33. The topological polar surface area (TPSA) is 110 Å². The lowest BCUT2D eigenvalue weighted by atomic mass is 10.1. The highest BCUT2D eigenvalue weighted by atomic mass is 32.2. The minimum Gasteiger partial charge on any atom is -0.455 e. The van der Waals surface area contributed by atoms with E-state index in [4.69, 9.17) is 4.74 Å². The van der Waals surface area contributed by atoms with Gasteiger partial charge in [0.25, 0.3) is 5.91 Å². The number of amides is 2.